The van der Waals surface area contributed by atoms with Crippen LogP contribution < -0.4 is 10.6 Å². The van der Waals surface area contributed by atoms with Crippen LogP contribution in [0.3, 0.4) is 0 Å². The van der Waals surface area contributed by atoms with Crippen LogP contribution in [-0.4, -0.2) is 56.7 Å². The van der Waals surface area contributed by atoms with E-state index in [4.69, 9.17) is 0 Å². The van der Waals surface area contributed by atoms with Gasteiger partial charge in [0.2, 0.25) is 0 Å². The summed E-state index contributed by atoms with van der Waals surface area (Å²) in [7, 11) is 0. The lowest BCUT2D eigenvalue weighted by molar-refractivity contribution is -0.173. The van der Waals surface area contributed by atoms with Gasteiger partial charge in [-0.3, -0.25) is 4.99 Å². The maximum absolute atomic E-state index is 12.0. The molecule has 156 valence electrons. The first kappa shape index (κ1) is 25.7. The molecule has 3 N–H and O–H groups in total. The lowest BCUT2D eigenvalue weighted by atomic mass is 9.72. The molecule has 0 spiro atoms. The summed E-state index contributed by atoms with van der Waals surface area (Å²) < 4.78 is 40.5. The number of alkyl halides is 3. The zero-order chi connectivity index (χ0) is 18.6. The molecule has 0 aliphatic heterocycles. The Morgan fingerprint density at radius 1 is 1.19 bits per heavy atom. The minimum absolute atomic E-state index is 0. The van der Waals surface area contributed by atoms with Crippen LogP contribution in [0.25, 0.3) is 0 Å². The molecule has 0 unspecified atom stereocenters. The summed E-state index contributed by atoms with van der Waals surface area (Å²) in [6.07, 6.45) is 2.73. The van der Waals surface area contributed by atoms with Crippen molar-refractivity contribution < 1.29 is 23.0 Å². The van der Waals surface area contributed by atoms with Crippen molar-refractivity contribution in [2.24, 2.45) is 10.4 Å². The monoisotopic (exact) mass is 495 g/mol. The third kappa shape index (κ3) is 11.4. The van der Waals surface area contributed by atoms with Gasteiger partial charge in [-0.2, -0.15) is 13.2 Å². The van der Waals surface area contributed by atoms with Gasteiger partial charge >= 0.3 is 6.18 Å². The maximum Gasteiger partial charge on any atom is 0.411 e. The summed E-state index contributed by atoms with van der Waals surface area (Å²) in [5, 5.41) is 15.6. The fraction of sp³-hybridized carbons (Fsp3) is 0.941. The fourth-order valence-electron chi connectivity index (χ4n) is 3.18. The molecule has 1 aliphatic rings. The number of hydrogen-bond donors (Lipinski definition) is 3. The highest BCUT2D eigenvalue weighted by molar-refractivity contribution is 14.0. The van der Waals surface area contributed by atoms with E-state index in [9.17, 15) is 18.3 Å². The Balaban J connectivity index is 0.00000625. The van der Waals surface area contributed by atoms with Crippen LogP contribution in [0.4, 0.5) is 13.2 Å². The van der Waals surface area contributed by atoms with E-state index < -0.39 is 12.8 Å². The Kier molecular flexibility index (Phi) is 13.7. The minimum Gasteiger partial charge on any atom is -0.396 e. The molecule has 0 atom stereocenters. The number of hydrogen-bond acceptors (Lipinski definition) is 3. The first-order valence-corrected chi connectivity index (χ1v) is 9.18. The SMILES string of the molecule is CCNC(=NCC1(CCO)CCCCC1)NCCCOCC(F)(F)F.I. The van der Waals surface area contributed by atoms with Gasteiger partial charge in [-0.05, 0) is 38.0 Å². The molecule has 0 aromatic heterocycles. The van der Waals surface area contributed by atoms with E-state index >= 15 is 0 Å². The lowest BCUT2D eigenvalue weighted by Gasteiger charge is -2.35. The summed E-state index contributed by atoms with van der Waals surface area (Å²) in [5.41, 5.74) is 0.0746. The molecule has 1 rings (SSSR count). The largest absolute Gasteiger partial charge is 0.411 e. The number of aliphatic imine (C=N–C) groups is 1. The smallest absolute Gasteiger partial charge is 0.396 e. The third-order valence-corrected chi connectivity index (χ3v) is 4.50. The van der Waals surface area contributed by atoms with Crippen molar-refractivity contribution in [3.63, 3.8) is 0 Å². The van der Waals surface area contributed by atoms with Crippen molar-refractivity contribution in [2.45, 2.75) is 58.0 Å². The molecule has 1 saturated carbocycles. The van der Waals surface area contributed by atoms with Crippen molar-refractivity contribution in [3.8, 4) is 0 Å². The Labute approximate surface area is 171 Å². The van der Waals surface area contributed by atoms with Gasteiger partial charge in [0, 0.05) is 32.8 Å². The van der Waals surface area contributed by atoms with Crippen LogP contribution in [0, 0.1) is 5.41 Å². The predicted molar refractivity (Wildman–Crippen MR) is 108 cm³/mol. The number of ether oxygens (including phenoxy) is 1. The van der Waals surface area contributed by atoms with Gasteiger partial charge in [-0.1, -0.05) is 19.3 Å². The molecule has 5 nitrogen and oxygen atoms in total. The zero-order valence-electron chi connectivity index (χ0n) is 15.5. The minimum atomic E-state index is -4.27. The van der Waals surface area contributed by atoms with Crippen LogP contribution in [0.5, 0.6) is 0 Å². The van der Waals surface area contributed by atoms with Crippen molar-refractivity contribution >= 4 is 29.9 Å². The van der Waals surface area contributed by atoms with Crippen molar-refractivity contribution in [2.75, 3.05) is 39.5 Å². The van der Waals surface area contributed by atoms with Gasteiger partial charge in [0.15, 0.2) is 5.96 Å². The zero-order valence-corrected chi connectivity index (χ0v) is 17.9. The molecular formula is C17H33F3IN3O2. The third-order valence-electron chi connectivity index (χ3n) is 4.50. The highest BCUT2D eigenvalue weighted by Gasteiger charge is 2.31. The van der Waals surface area contributed by atoms with Gasteiger partial charge in [0.05, 0.1) is 0 Å². The number of rotatable bonds is 10. The van der Waals surface area contributed by atoms with Gasteiger partial charge in [0.25, 0.3) is 0 Å². The summed E-state index contributed by atoms with van der Waals surface area (Å²) in [6, 6.07) is 0. The quantitative estimate of drug-likeness (QED) is 0.188. The fourth-order valence-corrected chi connectivity index (χ4v) is 3.18. The summed E-state index contributed by atoms with van der Waals surface area (Å²) in [6.45, 7) is 2.86. The van der Waals surface area contributed by atoms with Gasteiger partial charge in [0.1, 0.15) is 6.61 Å². The first-order valence-electron chi connectivity index (χ1n) is 9.18. The molecule has 0 amide bonds. The standard InChI is InChI=1S/C17H32F3N3O2.HI/c1-2-21-15(22-10-6-12-25-14-17(18,19)20)23-13-16(9-11-24)7-4-3-5-8-16;/h24H,2-14H2,1H3,(H2,21,22,23);1H. The number of nitrogens with zero attached hydrogens (tertiary/aromatic N) is 1. The topological polar surface area (TPSA) is 65.9 Å². The van der Waals surface area contributed by atoms with E-state index in [0.29, 0.717) is 32.0 Å². The number of aliphatic hydroxyl groups is 1. The molecule has 0 saturated heterocycles. The van der Waals surface area contributed by atoms with Crippen LogP contribution in [-0.2, 0) is 4.74 Å². The second-order valence-corrected chi connectivity index (χ2v) is 6.68. The van der Waals surface area contributed by atoms with Crippen LogP contribution in [0.2, 0.25) is 0 Å². The number of halogens is 4. The van der Waals surface area contributed by atoms with Crippen molar-refractivity contribution in [3.05, 3.63) is 0 Å². The molecule has 9 heteroatoms. The summed E-state index contributed by atoms with van der Waals surface area (Å²) >= 11 is 0. The Hall–Kier alpha value is -0.290. The number of nitrogens with one attached hydrogen (secondary N) is 2. The average molecular weight is 495 g/mol. The summed E-state index contributed by atoms with van der Waals surface area (Å²) in [4.78, 5) is 4.65. The molecular weight excluding hydrogens is 462 g/mol. The first-order chi connectivity index (χ1) is 11.9. The molecule has 0 radical (unpaired) electrons. The maximum atomic E-state index is 12.0. The molecule has 1 fully saturated rings. The Bertz CT molecular complexity index is 384. The Morgan fingerprint density at radius 3 is 2.46 bits per heavy atom. The molecule has 0 bridgehead atoms. The highest BCUT2D eigenvalue weighted by atomic mass is 127. The summed E-state index contributed by atoms with van der Waals surface area (Å²) in [5.74, 6) is 0.668. The molecule has 0 aromatic carbocycles. The van der Waals surface area contributed by atoms with Gasteiger partial charge < -0.3 is 20.5 Å². The van der Waals surface area contributed by atoms with E-state index in [1.165, 1.54) is 19.3 Å². The second-order valence-electron chi connectivity index (χ2n) is 6.68. The van der Waals surface area contributed by atoms with E-state index in [-0.39, 0.29) is 42.6 Å². The molecule has 0 heterocycles. The normalized spacial score (nSPS) is 17.5. The van der Waals surface area contributed by atoms with E-state index in [1.54, 1.807) is 0 Å². The van der Waals surface area contributed by atoms with Crippen molar-refractivity contribution in [1.29, 1.82) is 0 Å². The van der Waals surface area contributed by atoms with E-state index in [2.05, 4.69) is 20.4 Å². The van der Waals surface area contributed by atoms with Crippen LogP contribution in [0.15, 0.2) is 4.99 Å². The average Bonchev–Trinajstić information content (AvgIpc) is 2.56. The second kappa shape index (κ2) is 13.8. The highest BCUT2D eigenvalue weighted by Crippen LogP contribution is 2.39. The number of guanidine groups is 1. The lowest BCUT2D eigenvalue weighted by Crippen LogP contribution is -2.39. The van der Waals surface area contributed by atoms with Gasteiger partial charge in [-0.15, -0.1) is 24.0 Å². The number of aliphatic hydroxyl groups excluding tert-OH is 1. The van der Waals surface area contributed by atoms with Crippen LogP contribution in [0.1, 0.15) is 51.9 Å². The van der Waals surface area contributed by atoms with Gasteiger partial charge in [-0.25, -0.2) is 0 Å². The molecule has 26 heavy (non-hydrogen) atoms. The molecule has 0 aromatic rings. The van der Waals surface area contributed by atoms with Crippen LogP contribution >= 0.6 is 24.0 Å². The Morgan fingerprint density at radius 2 is 1.88 bits per heavy atom. The van der Waals surface area contributed by atoms with E-state index in [1.807, 2.05) is 6.92 Å². The molecule has 1 aliphatic carbocycles. The van der Waals surface area contributed by atoms with Crippen molar-refractivity contribution in [1.82, 2.24) is 10.6 Å². The predicted octanol–water partition coefficient (Wildman–Crippen LogP) is 3.46. The van der Waals surface area contributed by atoms with E-state index in [0.717, 1.165) is 19.3 Å².